The number of halogens is 3. The number of carbonyl (C=O) groups is 1. The van der Waals surface area contributed by atoms with Gasteiger partial charge in [-0.3, -0.25) is 15.6 Å². The SMILES string of the molecule is NNc1ccncc1C(=O)NCCSC(F)(F)F. The van der Waals surface area contributed by atoms with Crippen LogP contribution in [0.25, 0.3) is 0 Å². The summed E-state index contributed by atoms with van der Waals surface area (Å²) < 4.78 is 35.5. The van der Waals surface area contributed by atoms with Crippen LogP contribution in [0.4, 0.5) is 18.9 Å². The molecule has 0 atom stereocenters. The first-order chi connectivity index (χ1) is 8.44. The molecule has 0 saturated heterocycles. The van der Waals surface area contributed by atoms with Gasteiger partial charge in [0.15, 0.2) is 0 Å². The number of nitrogens with one attached hydrogen (secondary N) is 2. The summed E-state index contributed by atoms with van der Waals surface area (Å²) in [5.74, 6) is 4.41. The summed E-state index contributed by atoms with van der Waals surface area (Å²) in [4.78, 5) is 15.4. The van der Waals surface area contributed by atoms with Crippen LogP contribution in [0.2, 0.25) is 0 Å². The van der Waals surface area contributed by atoms with Crippen LogP contribution in [-0.4, -0.2) is 28.7 Å². The molecule has 0 fully saturated rings. The van der Waals surface area contributed by atoms with E-state index in [1.165, 1.54) is 18.5 Å². The predicted molar refractivity (Wildman–Crippen MR) is 62.9 cm³/mol. The third-order valence-corrected chi connectivity index (χ3v) is 2.61. The van der Waals surface area contributed by atoms with Crippen LogP contribution in [0.15, 0.2) is 18.5 Å². The van der Waals surface area contributed by atoms with Crippen LogP contribution in [0.1, 0.15) is 10.4 Å². The zero-order valence-corrected chi connectivity index (χ0v) is 9.94. The average molecular weight is 280 g/mol. The predicted octanol–water partition coefficient (Wildman–Crippen LogP) is 1.35. The Kier molecular flexibility index (Phi) is 5.23. The van der Waals surface area contributed by atoms with Gasteiger partial charge >= 0.3 is 5.51 Å². The summed E-state index contributed by atoms with van der Waals surface area (Å²) in [6.45, 7) is -0.0953. The normalized spacial score (nSPS) is 11.1. The molecule has 0 saturated carbocycles. The molecule has 4 N–H and O–H groups in total. The number of aromatic nitrogens is 1. The number of carbonyl (C=O) groups excluding carboxylic acids is 1. The molecule has 9 heteroatoms. The maximum absolute atomic E-state index is 11.8. The summed E-state index contributed by atoms with van der Waals surface area (Å²) in [6, 6.07) is 1.49. The van der Waals surface area contributed by atoms with Gasteiger partial charge in [-0.1, -0.05) is 0 Å². The molecule has 0 aliphatic carbocycles. The Hall–Kier alpha value is -1.48. The van der Waals surface area contributed by atoms with E-state index in [1.807, 2.05) is 0 Å². The fourth-order valence-corrected chi connectivity index (χ4v) is 1.56. The van der Waals surface area contributed by atoms with Crippen LogP contribution in [0.3, 0.4) is 0 Å². The molecular weight excluding hydrogens is 269 g/mol. The van der Waals surface area contributed by atoms with Crippen LogP contribution < -0.4 is 16.6 Å². The lowest BCUT2D eigenvalue weighted by Crippen LogP contribution is -2.28. The highest BCUT2D eigenvalue weighted by molar-refractivity contribution is 8.00. The van der Waals surface area contributed by atoms with Gasteiger partial charge in [-0.15, -0.1) is 0 Å². The first-order valence-electron chi connectivity index (χ1n) is 4.83. The third kappa shape index (κ3) is 4.80. The van der Waals surface area contributed by atoms with Gasteiger partial charge in [0, 0.05) is 24.7 Å². The van der Waals surface area contributed by atoms with Crippen molar-refractivity contribution < 1.29 is 18.0 Å². The highest BCUT2D eigenvalue weighted by Gasteiger charge is 2.27. The maximum atomic E-state index is 11.8. The third-order valence-electron chi connectivity index (χ3n) is 1.87. The number of thioether (sulfide) groups is 1. The Morgan fingerprint density at radius 3 is 2.83 bits per heavy atom. The molecule has 0 bridgehead atoms. The van der Waals surface area contributed by atoms with Gasteiger partial charge in [0.25, 0.3) is 5.91 Å². The van der Waals surface area contributed by atoms with Crippen molar-refractivity contribution in [3.8, 4) is 0 Å². The number of alkyl halides is 3. The molecule has 0 unspecified atom stereocenters. The van der Waals surface area contributed by atoms with Gasteiger partial charge in [-0.25, -0.2) is 0 Å². The molecule has 1 aromatic heterocycles. The molecule has 5 nitrogen and oxygen atoms in total. The summed E-state index contributed by atoms with van der Waals surface area (Å²) in [6.07, 6.45) is 2.72. The van der Waals surface area contributed by atoms with Crippen molar-refractivity contribution in [2.24, 2.45) is 5.84 Å². The Morgan fingerprint density at radius 1 is 1.50 bits per heavy atom. The molecule has 1 amide bonds. The Balaban J connectivity index is 2.46. The topological polar surface area (TPSA) is 80.0 Å². The maximum Gasteiger partial charge on any atom is 0.441 e. The molecule has 100 valence electrons. The molecule has 1 heterocycles. The fraction of sp³-hybridized carbons (Fsp3) is 0.333. The van der Waals surface area contributed by atoms with Crippen molar-refractivity contribution in [2.45, 2.75) is 5.51 Å². The Labute approximate surface area is 105 Å². The lowest BCUT2D eigenvalue weighted by atomic mass is 10.2. The van der Waals surface area contributed by atoms with E-state index >= 15 is 0 Å². The van der Waals surface area contributed by atoms with Crippen LogP contribution in [-0.2, 0) is 0 Å². The van der Waals surface area contributed by atoms with Crippen molar-refractivity contribution in [2.75, 3.05) is 17.7 Å². The number of pyridine rings is 1. The molecule has 0 spiro atoms. The highest BCUT2D eigenvalue weighted by atomic mass is 32.2. The number of hydrogen-bond donors (Lipinski definition) is 3. The minimum atomic E-state index is -4.29. The molecule has 18 heavy (non-hydrogen) atoms. The van der Waals surface area contributed by atoms with Gasteiger partial charge in [0.1, 0.15) is 0 Å². The van der Waals surface area contributed by atoms with Gasteiger partial charge in [0.2, 0.25) is 0 Å². The van der Waals surface area contributed by atoms with Crippen molar-refractivity contribution in [3.05, 3.63) is 24.0 Å². The standard InChI is InChI=1S/C9H11F3N4OS/c10-9(11,12)18-4-3-15-8(17)6-5-14-2-1-7(6)16-13/h1-2,5H,3-4,13H2,(H,14,16)(H,15,17). The molecule has 1 aromatic rings. The van der Waals surface area contributed by atoms with Crippen LogP contribution >= 0.6 is 11.8 Å². The van der Waals surface area contributed by atoms with Gasteiger partial charge < -0.3 is 10.7 Å². The number of amides is 1. The smallest absolute Gasteiger partial charge is 0.351 e. The van der Waals surface area contributed by atoms with E-state index in [-0.39, 0.29) is 29.6 Å². The molecular formula is C9H11F3N4OS. The second kappa shape index (κ2) is 6.45. The monoisotopic (exact) mass is 280 g/mol. The summed E-state index contributed by atoms with van der Waals surface area (Å²) in [5.41, 5.74) is -1.45. The van der Waals surface area contributed by atoms with Crippen LogP contribution in [0, 0.1) is 0 Å². The van der Waals surface area contributed by atoms with E-state index < -0.39 is 11.4 Å². The van der Waals surface area contributed by atoms with Crippen molar-refractivity contribution in [1.29, 1.82) is 0 Å². The summed E-state index contributed by atoms with van der Waals surface area (Å²) in [7, 11) is 0. The first kappa shape index (κ1) is 14.6. The van der Waals surface area contributed by atoms with Crippen molar-refractivity contribution in [1.82, 2.24) is 10.3 Å². The lowest BCUT2D eigenvalue weighted by molar-refractivity contribution is -0.0327. The minimum absolute atomic E-state index is 0.0953. The van der Waals surface area contributed by atoms with E-state index in [0.29, 0.717) is 5.69 Å². The molecule has 1 rings (SSSR count). The lowest BCUT2D eigenvalue weighted by Gasteiger charge is -2.09. The van der Waals surface area contributed by atoms with E-state index in [2.05, 4.69) is 15.7 Å². The molecule has 0 aliphatic rings. The minimum Gasteiger partial charge on any atom is -0.351 e. The van der Waals surface area contributed by atoms with Gasteiger partial charge in [-0.05, 0) is 17.8 Å². The molecule has 0 aromatic carbocycles. The number of nitrogens with two attached hydrogens (primary N) is 1. The van der Waals surface area contributed by atoms with Gasteiger partial charge in [-0.2, -0.15) is 13.2 Å². The molecule has 0 aliphatic heterocycles. The zero-order chi connectivity index (χ0) is 13.6. The number of rotatable bonds is 5. The number of anilines is 1. The second-order valence-corrected chi connectivity index (χ2v) is 4.28. The van der Waals surface area contributed by atoms with Gasteiger partial charge in [0.05, 0.1) is 11.3 Å². The van der Waals surface area contributed by atoms with E-state index in [9.17, 15) is 18.0 Å². The zero-order valence-electron chi connectivity index (χ0n) is 9.12. The highest BCUT2D eigenvalue weighted by Crippen LogP contribution is 2.29. The van der Waals surface area contributed by atoms with Crippen molar-refractivity contribution in [3.63, 3.8) is 0 Å². The summed E-state index contributed by atoms with van der Waals surface area (Å²) >= 11 is -0.190. The molecule has 0 radical (unpaired) electrons. The quantitative estimate of drug-likeness (QED) is 0.431. The van der Waals surface area contributed by atoms with E-state index in [4.69, 9.17) is 5.84 Å². The number of nitrogens with zero attached hydrogens (tertiary/aromatic N) is 1. The van der Waals surface area contributed by atoms with E-state index in [1.54, 1.807) is 0 Å². The largest absolute Gasteiger partial charge is 0.441 e. The number of nitrogen functional groups attached to an aromatic ring is 1. The van der Waals surface area contributed by atoms with E-state index in [0.717, 1.165) is 0 Å². The number of hydrogen-bond acceptors (Lipinski definition) is 5. The van der Waals surface area contributed by atoms with Crippen molar-refractivity contribution >= 4 is 23.4 Å². The fourth-order valence-electron chi connectivity index (χ4n) is 1.13. The Morgan fingerprint density at radius 2 is 2.22 bits per heavy atom. The summed E-state index contributed by atoms with van der Waals surface area (Å²) in [5, 5.41) is 2.35. The second-order valence-electron chi connectivity index (χ2n) is 3.12. The first-order valence-corrected chi connectivity index (χ1v) is 5.82. The van der Waals surface area contributed by atoms with Crippen LogP contribution in [0.5, 0.6) is 0 Å². The number of hydrazine groups is 1. The Bertz CT molecular complexity index is 413. The average Bonchev–Trinajstić information content (AvgIpc) is 2.33.